The Kier molecular flexibility index (Phi) is 11.3. The van der Waals surface area contributed by atoms with Crippen molar-refractivity contribution in [2.75, 3.05) is 27.9 Å². The zero-order valence-corrected chi connectivity index (χ0v) is 20.7. The summed E-state index contributed by atoms with van der Waals surface area (Å²) in [6.07, 6.45) is 1.30. The summed E-state index contributed by atoms with van der Waals surface area (Å²) >= 11 is 5.00. The highest BCUT2D eigenvalue weighted by atomic mass is 32.1. The summed E-state index contributed by atoms with van der Waals surface area (Å²) < 4.78 is 20.8. The van der Waals surface area contributed by atoms with Crippen molar-refractivity contribution in [2.24, 2.45) is 0 Å². The van der Waals surface area contributed by atoms with E-state index in [2.05, 4.69) is 16.2 Å². The molecule has 0 fully saturated rings. The number of amides is 2. The minimum Gasteiger partial charge on any atom is -0.493 e. The van der Waals surface area contributed by atoms with E-state index in [1.54, 1.807) is 0 Å². The quantitative estimate of drug-likeness (QED) is 0.183. The van der Waals surface area contributed by atoms with Gasteiger partial charge in [-0.3, -0.25) is 25.2 Å². The number of rotatable bonds is 11. The van der Waals surface area contributed by atoms with Gasteiger partial charge in [0.25, 0.3) is 5.91 Å². The van der Waals surface area contributed by atoms with Gasteiger partial charge in [-0.1, -0.05) is 30.3 Å². The van der Waals surface area contributed by atoms with Crippen LogP contribution in [0.25, 0.3) is 0 Å². The van der Waals surface area contributed by atoms with Crippen LogP contribution in [0.2, 0.25) is 0 Å². The smallest absolute Gasteiger partial charge is 0.306 e. The first kappa shape index (κ1) is 27.4. The number of esters is 1. The van der Waals surface area contributed by atoms with Gasteiger partial charge in [0.2, 0.25) is 11.7 Å². The van der Waals surface area contributed by atoms with Crippen LogP contribution in [0, 0.1) is 0 Å². The Bertz CT molecular complexity index is 1010. The largest absolute Gasteiger partial charge is 0.493 e. The Hall–Kier alpha value is -3.86. The second-order valence-electron chi connectivity index (χ2n) is 7.18. The van der Waals surface area contributed by atoms with Crippen molar-refractivity contribution in [1.82, 2.24) is 16.2 Å². The van der Waals surface area contributed by atoms with E-state index < -0.39 is 17.8 Å². The molecule has 0 radical (unpaired) electrons. The summed E-state index contributed by atoms with van der Waals surface area (Å²) in [5.41, 5.74) is 6.17. The first-order chi connectivity index (χ1) is 16.9. The van der Waals surface area contributed by atoms with Gasteiger partial charge < -0.3 is 24.3 Å². The molecule has 0 atom stereocenters. The SMILES string of the molecule is COc1cc(C(=O)NNC(=S)NC(=O)CCC(=O)OCCCc2ccccc2)cc(OC)c1OC. The minimum absolute atomic E-state index is 0.0857. The van der Waals surface area contributed by atoms with Gasteiger partial charge in [-0.05, 0) is 42.8 Å². The lowest BCUT2D eigenvalue weighted by Crippen LogP contribution is -2.48. The highest BCUT2D eigenvalue weighted by Gasteiger charge is 2.17. The highest BCUT2D eigenvalue weighted by Crippen LogP contribution is 2.38. The third kappa shape index (κ3) is 9.13. The fourth-order valence-electron chi connectivity index (χ4n) is 3.01. The molecule has 0 unspecified atom stereocenters. The van der Waals surface area contributed by atoms with Crippen molar-refractivity contribution in [3.8, 4) is 17.2 Å². The first-order valence-electron chi connectivity index (χ1n) is 10.8. The van der Waals surface area contributed by atoms with Crippen molar-refractivity contribution in [1.29, 1.82) is 0 Å². The zero-order chi connectivity index (χ0) is 25.6. The maximum atomic E-state index is 12.4. The molecule has 35 heavy (non-hydrogen) atoms. The van der Waals surface area contributed by atoms with Gasteiger partial charge >= 0.3 is 5.97 Å². The van der Waals surface area contributed by atoms with E-state index in [0.29, 0.717) is 23.7 Å². The zero-order valence-electron chi connectivity index (χ0n) is 19.8. The Morgan fingerprint density at radius 3 is 2.14 bits per heavy atom. The minimum atomic E-state index is -0.556. The van der Waals surface area contributed by atoms with E-state index in [-0.39, 0.29) is 30.1 Å². The summed E-state index contributed by atoms with van der Waals surface area (Å²) in [4.78, 5) is 36.3. The average Bonchev–Trinajstić information content (AvgIpc) is 2.88. The number of carbonyl (C=O) groups is 3. The summed E-state index contributed by atoms with van der Waals surface area (Å²) in [6.45, 7) is 0.280. The van der Waals surface area contributed by atoms with Gasteiger partial charge in [-0.2, -0.15) is 0 Å². The fraction of sp³-hybridized carbons (Fsp3) is 0.333. The number of methoxy groups -OCH3 is 3. The van der Waals surface area contributed by atoms with Gasteiger partial charge in [0.15, 0.2) is 16.6 Å². The van der Waals surface area contributed by atoms with E-state index in [4.69, 9.17) is 31.2 Å². The highest BCUT2D eigenvalue weighted by molar-refractivity contribution is 7.80. The molecule has 0 spiro atoms. The topological polar surface area (TPSA) is 124 Å². The molecule has 2 amide bonds. The van der Waals surface area contributed by atoms with Crippen molar-refractivity contribution in [2.45, 2.75) is 25.7 Å². The van der Waals surface area contributed by atoms with E-state index in [0.717, 1.165) is 6.42 Å². The van der Waals surface area contributed by atoms with E-state index in [1.807, 2.05) is 30.3 Å². The molecule has 0 heterocycles. The van der Waals surface area contributed by atoms with Crippen LogP contribution in [0.5, 0.6) is 17.2 Å². The maximum absolute atomic E-state index is 12.4. The third-order valence-corrected chi connectivity index (χ3v) is 4.95. The number of benzene rings is 2. The van der Waals surface area contributed by atoms with Gasteiger partial charge in [-0.15, -0.1) is 0 Å². The second kappa shape index (κ2) is 14.4. The van der Waals surface area contributed by atoms with Crippen LogP contribution < -0.4 is 30.4 Å². The monoisotopic (exact) mass is 503 g/mol. The van der Waals surface area contributed by atoms with Crippen molar-refractivity contribution >= 4 is 35.1 Å². The van der Waals surface area contributed by atoms with Gasteiger partial charge in [0, 0.05) is 12.0 Å². The number of aryl methyl sites for hydroxylation is 1. The molecule has 3 N–H and O–H groups in total. The van der Waals surface area contributed by atoms with Crippen molar-refractivity contribution < 1.29 is 33.3 Å². The molecular weight excluding hydrogens is 474 g/mol. The van der Waals surface area contributed by atoms with Crippen LogP contribution in [-0.4, -0.2) is 50.8 Å². The second-order valence-corrected chi connectivity index (χ2v) is 7.59. The van der Waals surface area contributed by atoms with Crippen LogP contribution in [-0.2, 0) is 20.7 Å². The summed E-state index contributed by atoms with van der Waals surface area (Å²) in [6, 6.07) is 12.8. The predicted octanol–water partition coefficient (Wildman–Crippen LogP) is 2.30. The standard InChI is InChI=1S/C24H29N3O7S/c1-31-18-14-17(15-19(32-2)22(18)33-3)23(30)26-27-24(35)25-20(28)11-12-21(29)34-13-7-10-16-8-5-4-6-9-16/h4-6,8-9,14-15H,7,10-13H2,1-3H3,(H,26,30)(H2,25,27,28,35). The first-order valence-corrected chi connectivity index (χ1v) is 11.2. The molecule has 11 heteroatoms. The summed E-state index contributed by atoms with van der Waals surface area (Å²) in [7, 11) is 4.32. The normalized spacial score (nSPS) is 10.0. The van der Waals surface area contributed by atoms with Gasteiger partial charge in [0.1, 0.15) is 0 Å². The molecule has 0 saturated carbocycles. The van der Waals surface area contributed by atoms with E-state index in [1.165, 1.54) is 39.0 Å². The molecule has 0 aliphatic heterocycles. The Balaban J connectivity index is 1.69. The molecule has 2 aromatic carbocycles. The number of hydrogen-bond acceptors (Lipinski definition) is 8. The number of nitrogens with one attached hydrogen (secondary N) is 3. The lowest BCUT2D eigenvalue weighted by molar-refractivity contribution is -0.145. The molecule has 0 aliphatic carbocycles. The number of hydrogen-bond donors (Lipinski definition) is 3. The van der Waals surface area contributed by atoms with Crippen LogP contribution in [0.1, 0.15) is 35.2 Å². The third-order valence-electron chi connectivity index (χ3n) is 4.74. The molecule has 2 aromatic rings. The summed E-state index contributed by atoms with van der Waals surface area (Å²) in [5.74, 6) is -0.565. The Morgan fingerprint density at radius 2 is 1.54 bits per heavy atom. The van der Waals surface area contributed by atoms with Crippen LogP contribution in [0.3, 0.4) is 0 Å². The van der Waals surface area contributed by atoms with Crippen LogP contribution in [0.4, 0.5) is 0 Å². The van der Waals surface area contributed by atoms with Gasteiger partial charge in [-0.25, -0.2) is 0 Å². The molecule has 2 rings (SSSR count). The van der Waals surface area contributed by atoms with Gasteiger partial charge in [0.05, 0.1) is 34.4 Å². The number of thiocarbonyl (C=S) groups is 1. The summed E-state index contributed by atoms with van der Waals surface area (Å²) in [5, 5.41) is 2.25. The van der Waals surface area contributed by atoms with Crippen molar-refractivity contribution in [3.05, 3.63) is 53.6 Å². The molecule has 0 aliphatic rings. The average molecular weight is 504 g/mol. The lowest BCUT2D eigenvalue weighted by Gasteiger charge is -2.15. The molecule has 10 nitrogen and oxygen atoms in total. The molecular formula is C24H29N3O7S. The van der Waals surface area contributed by atoms with E-state index >= 15 is 0 Å². The molecule has 0 aromatic heterocycles. The predicted molar refractivity (Wildman–Crippen MR) is 132 cm³/mol. The van der Waals surface area contributed by atoms with E-state index in [9.17, 15) is 14.4 Å². The molecule has 0 bridgehead atoms. The number of hydrazine groups is 1. The molecule has 188 valence electrons. The fourth-order valence-corrected chi connectivity index (χ4v) is 3.18. The van der Waals surface area contributed by atoms with Crippen LogP contribution >= 0.6 is 12.2 Å². The van der Waals surface area contributed by atoms with Crippen LogP contribution in [0.15, 0.2) is 42.5 Å². The maximum Gasteiger partial charge on any atom is 0.306 e. The number of ether oxygens (including phenoxy) is 4. The Morgan fingerprint density at radius 1 is 0.886 bits per heavy atom. The lowest BCUT2D eigenvalue weighted by atomic mass is 10.1. The molecule has 0 saturated heterocycles. The van der Waals surface area contributed by atoms with Crippen molar-refractivity contribution in [3.63, 3.8) is 0 Å². The Labute approximate surface area is 209 Å². The number of carbonyl (C=O) groups excluding carboxylic acids is 3.